The first kappa shape index (κ1) is 14.2. The lowest BCUT2D eigenvalue weighted by Gasteiger charge is -2.47. The summed E-state index contributed by atoms with van der Waals surface area (Å²) >= 11 is 0. The van der Waals surface area contributed by atoms with Crippen molar-refractivity contribution >= 4 is 11.6 Å². The Labute approximate surface area is 131 Å². The van der Waals surface area contributed by atoms with Gasteiger partial charge in [0, 0.05) is 18.2 Å². The van der Waals surface area contributed by atoms with Crippen molar-refractivity contribution in [1.82, 2.24) is 20.4 Å². The van der Waals surface area contributed by atoms with Crippen LogP contribution in [0.2, 0.25) is 0 Å². The molecule has 1 aliphatic carbocycles. The molecule has 6 nitrogen and oxygen atoms in total. The molecule has 1 unspecified atom stereocenters. The molecule has 2 saturated heterocycles. The van der Waals surface area contributed by atoms with Crippen LogP contribution < -0.4 is 16.0 Å². The summed E-state index contributed by atoms with van der Waals surface area (Å²) in [7, 11) is 0. The molecule has 120 valence electrons. The highest BCUT2D eigenvalue weighted by molar-refractivity contribution is 5.96. The highest BCUT2D eigenvalue weighted by Gasteiger charge is 2.51. The monoisotopic (exact) mass is 303 g/mol. The summed E-state index contributed by atoms with van der Waals surface area (Å²) in [6.45, 7) is 3.08. The third-order valence-electron chi connectivity index (χ3n) is 5.68. The van der Waals surface area contributed by atoms with Gasteiger partial charge in [-0.3, -0.25) is 9.48 Å². The fraction of sp³-hybridized carbons (Fsp3) is 0.750. The van der Waals surface area contributed by atoms with Gasteiger partial charge in [0.25, 0.3) is 0 Å². The Balaban J connectivity index is 1.39. The molecule has 3 aliphatic rings. The van der Waals surface area contributed by atoms with Gasteiger partial charge in [-0.15, -0.1) is 0 Å². The van der Waals surface area contributed by atoms with E-state index in [4.69, 9.17) is 0 Å². The predicted octanol–water partition coefficient (Wildman–Crippen LogP) is 1.28. The second-order valence-electron chi connectivity index (χ2n) is 7.06. The number of aromatic nitrogens is 2. The Bertz CT molecular complexity index is 542. The number of anilines is 1. The van der Waals surface area contributed by atoms with Crippen LogP contribution in [0.3, 0.4) is 0 Å². The second kappa shape index (κ2) is 5.66. The fourth-order valence-corrected chi connectivity index (χ4v) is 4.30. The standard InChI is InChI=1S/C16H25N5O/c22-15(14-16(11-18-14)5-1-2-6-16)20-12-9-19-21(10-12)13-3-7-17-8-4-13/h9-10,13-14,17-18H,1-8,11H2,(H,20,22). The highest BCUT2D eigenvalue weighted by Crippen LogP contribution is 2.45. The summed E-state index contributed by atoms with van der Waals surface area (Å²) in [4.78, 5) is 12.5. The van der Waals surface area contributed by atoms with Crippen molar-refractivity contribution in [2.45, 2.75) is 50.6 Å². The number of nitrogens with one attached hydrogen (secondary N) is 3. The summed E-state index contributed by atoms with van der Waals surface area (Å²) in [5.74, 6) is 0.109. The van der Waals surface area contributed by atoms with Crippen LogP contribution in [0.5, 0.6) is 0 Å². The average molecular weight is 303 g/mol. The predicted molar refractivity (Wildman–Crippen MR) is 84.7 cm³/mol. The van der Waals surface area contributed by atoms with Gasteiger partial charge in [-0.05, 0) is 38.8 Å². The number of hydrogen-bond donors (Lipinski definition) is 3. The SMILES string of the molecule is O=C(Nc1cnn(C2CCNCC2)c1)C1NCC12CCCC2. The van der Waals surface area contributed by atoms with E-state index < -0.39 is 0 Å². The molecule has 2 aliphatic heterocycles. The van der Waals surface area contributed by atoms with Crippen LogP contribution in [0.1, 0.15) is 44.6 Å². The molecule has 1 atom stereocenters. The van der Waals surface area contributed by atoms with Gasteiger partial charge in [-0.2, -0.15) is 5.10 Å². The summed E-state index contributed by atoms with van der Waals surface area (Å²) in [5.41, 5.74) is 1.06. The minimum Gasteiger partial charge on any atom is -0.322 e. The van der Waals surface area contributed by atoms with E-state index in [0.29, 0.717) is 6.04 Å². The minimum absolute atomic E-state index is 0.0165. The molecule has 1 aromatic heterocycles. The Morgan fingerprint density at radius 2 is 2.09 bits per heavy atom. The third-order valence-corrected chi connectivity index (χ3v) is 5.68. The van der Waals surface area contributed by atoms with Gasteiger partial charge < -0.3 is 16.0 Å². The molecule has 0 radical (unpaired) electrons. The maximum atomic E-state index is 12.5. The van der Waals surface area contributed by atoms with Crippen LogP contribution in [0.4, 0.5) is 5.69 Å². The van der Waals surface area contributed by atoms with Crippen LogP contribution in [0.25, 0.3) is 0 Å². The average Bonchev–Trinajstić information content (AvgIpc) is 3.17. The van der Waals surface area contributed by atoms with Crippen molar-refractivity contribution in [1.29, 1.82) is 0 Å². The number of amides is 1. The zero-order valence-corrected chi connectivity index (χ0v) is 13.0. The summed E-state index contributed by atoms with van der Waals surface area (Å²) in [6.07, 6.45) is 10.9. The Hall–Kier alpha value is -1.40. The Morgan fingerprint density at radius 1 is 1.32 bits per heavy atom. The van der Waals surface area contributed by atoms with E-state index in [-0.39, 0.29) is 17.4 Å². The van der Waals surface area contributed by atoms with Gasteiger partial charge in [0.2, 0.25) is 5.91 Å². The smallest absolute Gasteiger partial charge is 0.242 e. The molecule has 0 bridgehead atoms. The topological polar surface area (TPSA) is 71.0 Å². The molecule has 3 fully saturated rings. The normalized spacial score (nSPS) is 27.7. The van der Waals surface area contributed by atoms with Gasteiger partial charge in [0.15, 0.2) is 0 Å². The van der Waals surface area contributed by atoms with Gasteiger partial charge in [-0.1, -0.05) is 12.8 Å². The first-order valence-corrected chi connectivity index (χ1v) is 8.56. The van der Waals surface area contributed by atoms with E-state index in [1.54, 1.807) is 6.20 Å². The lowest BCUT2D eigenvalue weighted by Crippen LogP contribution is -2.66. The number of hydrogen-bond acceptors (Lipinski definition) is 4. The Morgan fingerprint density at radius 3 is 2.77 bits per heavy atom. The van der Waals surface area contributed by atoms with Crippen molar-refractivity contribution in [3.63, 3.8) is 0 Å². The van der Waals surface area contributed by atoms with Crippen LogP contribution in [0.15, 0.2) is 12.4 Å². The largest absolute Gasteiger partial charge is 0.322 e. The molecule has 0 aromatic carbocycles. The molecule has 1 spiro atoms. The molecule has 1 aromatic rings. The van der Waals surface area contributed by atoms with Crippen LogP contribution in [-0.2, 0) is 4.79 Å². The van der Waals surface area contributed by atoms with Crippen molar-refractivity contribution in [2.75, 3.05) is 25.0 Å². The molecule has 3 N–H and O–H groups in total. The van der Waals surface area contributed by atoms with Crippen molar-refractivity contribution < 1.29 is 4.79 Å². The molecular weight excluding hydrogens is 278 g/mol. The zero-order chi connectivity index (χ0) is 15.0. The number of piperidine rings is 1. The molecular formula is C16H25N5O. The number of carbonyl (C=O) groups is 1. The maximum Gasteiger partial charge on any atom is 0.242 e. The number of carbonyl (C=O) groups excluding carboxylic acids is 1. The summed E-state index contributed by atoms with van der Waals surface area (Å²) in [6, 6.07) is 0.437. The lowest BCUT2D eigenvalue weighted by atomic mass is 9.71. The molecule has 6 heteroatoms. The summed E-state index contributed by atoms with van der Waals surface area (Å²) in [5, 5.41) is 14.2. The van der Waals surface area contributed by atoms with E-state index in [1.165, 1.54) is 25.7 Å². The van der Waals surface area contributed by atoms with Gasteiger partial charge in [-0.25, -0.2) is 0 Å². The van der Waals surface area contributed by atoms with Gasteiger partial charge in [0.05, 0.1) is 24.0 Å². The van der Waals surface area contributed by atoms with Crippen molar-refractivity contribution in [2.24, 2.45) is 5.41 Å². The van der Waals surface area contributed by atoms with Crippen LogP contribution >= 0.6 is 0 Å². The number of rotatable bonds is 3. The first-order chi connectivity index (χ1) is 10.8. The lowest BCUT2D eigenvalue weighted by molar-refractivity contribution is -0.125. The van der Waals surface area contributed by atoms with E-state index in [1.807, 2.05) is 10.9 Å². The minimum atomic E-state index is -0.0165. The number of nitrogens with zero attached hydrogens (tertiary/aromatic N) is 2. The van der Waals surface area contributed by atoms with Crippen molar-refractivity contribution in [3.8, 4) is 0 Å². The van der Waals surface area contributed by atoms with Gasteiger partial charge >= 0.3 is 0 Å². The molecule has 22 heavy (non-hydrogen) atoms. The molecule has 1 amide bonds. The quantitative estimate of drug-likeness (QED) is 0.786. The third kappa shape index (κ3) is 2.44. The van der Waals surface area contributed by atoms with Crippen LogP contribution in [-0.4, -0.2) is 41.4 Å². The van der Waals surface area contributed by atoms with Crippen molar-refractivity contribution in [3.05, 3.63) is 12.4 Å². The maximum absolute atomic E-state index is 12.5. The zero-order valence-electron chi connectivity index (χ0n) is 13.0. The van der Waals surface area contributed by atoms with Gasteiger partial charge in [0.1, 0.15) is 0 Å². The van der Waals surface area contributed by atoms with E-state index in [0.717, 1.165) is 38.2 Å². The molecule has 3 heterocycles. The molecule has 1 saturated carbocycles. The van der Waals surface area contributed by atoms with E-state index in [9.17, 15) is 4.79 Å². The first-order valence-electron chi connectivity index (χ1n) is 8.56. The van der Waals surface area contributed by atoms with E-state index >= 15 is 0 Å². The van der Waals surface area contributed by atoms with Crippen LogP contribution in [0, 0.1) is 5.41 Å². The fourth-order valence-electron chi connectivity index (χ4n) is 4.30. The van der Waals surface area contributed by atoms with E-state index in [2.05, 4.69) is 21.0 Å². The second-order valence-corrected chi connectivity index (χ2v) is 7.06. The molecule has 4 rings (SSSR count). The highest BCUT2D eigenvalue weighted by atomic mass is 16.2. The Kier molecular flexibility index (Phi) is 3.66. The summed E-state index contributed by atoms with van der Waals surface area (Å²) < 4.78 is 2.01.